The number of carbonyl (C=O) groups is 1. The van der Waals surface area contributed by atoms with Crippen LogP contribution in [0, 0.1) is 12.7 Å². The highest BCUT2D eigenvalue weighted by Gasteiger charge is 2.11. The van der Waals surface area contributed by atoms with Crippen molar-refractivity contribution in [2.45, 2.75) is 13.5 Å². The predicted octanol–water partition coefficient (Wildman–Crippen LogP) is 4.22. The number of nitrogens with zero attached hydrogens (tertiary/aromatic N) is 2. The van der Waals surface area contributed by atoms with Crippen molar-refractivity contribution in [3.05, 3.63) is 92.8 Å². The second-order valence-electron chi connectivity index (χ2n) is 6.48. The summed E-state index contributed by atoms with van der Waals surface area (Å²) in [5, 5.41) is 2.57. The number of anilines is 1. The summed E-state index contributed by atoms with van der Waals surface area (Å²) in [6.45, 7) is 1.78. The zero-order chi connectivity index (χ0) is 21.3. The maximum atomic E-state index is 13.3. The monoisotopic (exact) mass is 427 g/mol. The van der Waals surface area contributed by atoms with Crippen LogP contribution < -0.4 is 15.6 Å². The van der Waals surface area contributed by atoms with Gasteiger partial charge in [-0.2, -0.15) is 0 Å². The lowest BCUT2D eigenvalue weighted by molar-refractivity contribution is 0.102. The highest BCUT2D eigenvalue weighted by Crippen LogP contribution is 2.21. The van der Waals surface area contributed by atoms with Gasteiger partial charge in [-0.05, 0) is 37.3 Å². The number of benzene rings is 2. The van der Waals surface area contributed by atoms with Crippen LogP contribution in [0.1, 0.15) is 21.8 Å². The third kappa shape index (κ3) is 4.18. The zero-order valence-corrected chi connectivity index (χ0v) is 16.4. The molecule has 7 nitrogen and oxygen atoms in total. The number of amides is 1. The maximum absolute atomic E-state index is 13.3. The van der Waals surface area contributed by atoms with Crippen LogP contribution in [0.3, 0.4) is 0 Å². The molecule has 4 rings (SSSR count). The quantitative estimate of drug-likeness (QED) is 0.515. The first-order valence-corrected chi connectivity index (χ1v) is 9.26. The Hall–Kier alpha value is -3.65. The minimum absolute atomic E-state index is 0.0565. The fourth-order valence-electron chi connectivity index (χ4n) is 2.81. The summed E-state index contributed by atoms with van der Waals surface area (Å²) < 4.78 is 25.3. The fourth-order valence-corrected chi connectivity index (χ4v) is 2.99. The molecule has 2 aromatic carbocycles. The fraction of sp³-hybridized carbons (Fsp3) is 0.0952. The van der Waals surface area contributed by atoms with Gasteiger partial charge in [-0.1, -0.05) is 17.7 Å². The van der Waals surface area contributed by atoms with Crippen LogP contribution in [-0.2, 0) is 6.61 Å². The highest BCUT2D eigenvalue weighted by molar-refractivity contribution is 6.31. The van der Waals surface area contributed by atoms with Crippen molar-refractivity contribution in [2.24, 2.45) is 0 Å². The van der Waals surface area contributed by atoms with Crippen LogP contribution in [0.15, 0.2) is 63.9 Å². The van der Waals surface area contributed by atoms with E-state index in [1.54, 1.807) is 37.3 Å². The van der Waals surface area contributed by atoms with Crippen LogP contribution in [0.2, 0.25) is 5.02 Å². The average molecular weight is 428 g/mol. The molecule has 1 N–H and O–H groups in total. The summed E-state index contributed by atoms with van der Waals surface area (Å²) in [7, 11) is 0. The molecule has 30 heavy (non-hydrogen) atoms. The van der Waals surface area contributed by atoms with E-state index in [2.05, 4.69) is 10.3 Å². The second kappa shape index (κ2) is 8.00. The number of aromatic nitrogens is 2. The van der Waals surface area contributed by atoms with Crippen LogP contribution in [-0.4, -0.2) is 15.5 Å². The Morgan fingerprint density at radius 2 is 2.07 bits per heavy atom. The average Bonchev–Trinajstić information content (AvgIpc) is 3.09. The summed E-state index contributed by atoms with van der Waals surface area (Å²) in [6, 6.07) is 13.4. The molecule has 0 aliphatic rings. The minimum atomic E-state index is -0.597. The Kier molecular flexibility index (Phi) is 5.24. The van der Waals surface area contributed by atoms with Crippen molar-refractivity contribution in [3.8, 4) is 5.75 Å². The van der Waals surface area contributed by atoms with Crippen molar-refractivity contribution in [3.63, 3.8) is 0 Å². The largest absolute Gasteiger partial charge is 0.487 e. The molecule has 152 valence electrons. The molecular formula is C21H15ClFN3O4. The van der Waals surface area contributed by atoms with E-state index in [0.29, 0.717) is 28.5 Å². The van der Waals surface area contributed by atoms with E-state index in [1.807, 2.05) is 0 Å². The van der Waals surface area contributed by atoms with E-state index in [1.165, 1.54) is 18.2 Å². The lowest BCUT2D eigenvalue weighted by Gasteiger charge is -2.09. The molecular weight excluding hydrogens is 413 g/mol. The van der Waals surface area contributed by atoms with E-state index in [9.17, 15) is 14.0 Å². The molecule has 9 heteroatoms. The number of hydrogen-bond acceptors (Lipinski definition) is 5. The standard InChI is InChI=1S/C21H15ClFN3O4/c1-12-7-19-24-15(10-20(27)26(19)30-12)11-29-16-4-2-3-14(9-16)25-21(28)13-5-6-18(23)17(22)8-13/h2-10H,11H2,1H3,(H,25,28). The molecule has 0 aliphatic carbocycles. The van der Waals surface area contributed by atoms with Gasteiger partial charge in [-0.15, -0.1) is 4.57 Å². The molecule has 0 atom stereocenters. The highest BCUT2D eigenvalue weighted by atomic mass is 35.5. The number of aryl methyl sites for hydroxylation is 1. The smallest absolute Gasteiger partial charge is 0.287 e. The number of carbonyl (C=O) groups excluding carboxylic acids is 1. The summed E-state index contributed by atoms with van der Waals surface area (Å²) in [5.41, 5.74) is 1.20. The number of rotatable bonds is 5. The molecule has 0 fully saturated rings. The van der Waals surface area contributed by atoms with E-state index >= 15 is 0 Å². The Morgan fingerprint density at radius 3 is 2.87 bits per heavy atom. The number of fused-ring (bicyclic) bond motifs is 1. The third-order valence-electron chi connectivity index (χ3n) is 4.18. The molecule has 2 heterocycles. The molecule has 0 bridgehead atoms. The van der Waals surface area contributed by atoms with Gasteiger partial charge in [0, 0.05) is 29.4 Å². The van der Waals surface area contributed by atoms with Crippen molar-refractivity contribution >= 4 is 28.8 Å². The van der Waals surface area contributed by atoms with E-state index in [-0.39, 0.29) is 22.8 Å². The molecule has 0 saturated heterocycles. The summed E-state index contributed by atoms with van der Waals surface area (Å²) in [5.74, 6) is 0.00371. The normalized spacial score (nSPS) is 10.9. The maximum Gasteiger partial charge on any atom is 0.287 e. The van der Waals surface area contributed by atoms with E-state index in [0.717, 1.165) is 10.6 Å². The number of hydrogen-bond donors (Lipinski definition) is 1. The van der Waals surface area contributed by atoms with E-state index in [4.69, 9.17) is 20.9 Å². The van der Waals surface area contributed by atoms with Gasteiger partial charge in [-0.3, -0.25) is 9.59 Å². The van der Waals surface area contributed by atoms with Crippen LogP contribution in [0.5, 0.6) is 5.75 Å². The molecule has 1 amide bonds. The first kappa shape index (κ1) is 19.7. The van der Waals surface area contributed by atoms with Gasteiger partial charge >= 0.3 is 0 Å². The van der Waals surface area contributed by atoms with Crippen molar-refractivity contribution in [2.75, 3.05) is 5.32 Å². The first-order valence-electron chi connectivity index (χ1n) is 8.88. The molecule has 0 radical (unpaired) electrons. The minimum Gasteiger partial charge on any atom is -0.487 e. The topological polar surface area (TPSA) is 85.8 Å². The SMILES string of the molecule is Cc1cc2nc(COc3cccc(NC(=O)c4ccc(F)c(Cl)c4)c3)cc(=O)n2o1. The Bertz CT molecular complexity index is 1320. The van der Waals surface area contributed by atoms with Gasteiger partial charge < -0.3 is 14.6 Å². The van der Waals surface area contributed by atoms with E-state index < -0.39 is 11.7 Å². The van der Waals surface area contributed by atoms with Gasteiger partial charge in [0.05, 0.1) is 10.7 Å². The molecule has 0 spiro atoms. The number of ether oxygens (including phenoxy) is 1. The van der Waals surface area contributed by atoms with Crippen molar-refractivity contribution in [1.29, 1.82) is 0 Å². The lowest BCUT2D eigenvalue weighted by Crippen LogP contribution is -2.14. The zero-order valence-electron chi connectivity index (χ0n) is 15.7. The van der Waals surface area contributed by atoms with Gasteiger partial charge in [0.25, 0.3) is 11.5 Å². The summed E-state index contributed by atoms with van der Waals surface area (Å²) in [4.78, 5) is 28.7. The molecule has 0 unspecified atom stereocenters. The summed E-state index contributed by atoms with van der Waals surface area (Å²) >= 11 is 5.72. The number of nitrogens with one attached hydrogen (secondary N) is 1. The van der Waals surface area contributed by atoms with Gasteiger partial charge in [-0.25, -0.2) is 9.37 Å². The van der Waals surface area contributed by atoms with Gasteiger partial charge in [0.2, 0.25) is 0 Å². The molecule has 0 aliphatic heterocycles. The molecule has 4 aromatic rings. The van der Waals surface area contributed by atoms with Crippen LogP contribution in [0.4, 0.5) is 10.1 Å². The third-order valence-corrected chi connectivity index (χ3v) is 4.47. The van der Waals surface area contributed by atoms with Crippen LogP contribution >= 0.6 is 11.6 Å². The van der Waals surface area contributed by atoms with Crippen LogP contribution in [0.25, 0.3) is 5.65 Å². The Balaban J connectivity index is 1.46. The summed E-state index contributed by atoms with van der Waals surface area (Å²) in [6.07, 6.45) is 0. The molecule has 2 aromatic heterocycles. The Morgan fingerprint density at radius 1 is 1.23 bits per heavy atom. The second-order valence-corrected chi connectivity index (χ2v) is 6.89. The predicted molar refractivity (Wildman–Crippen MR) is 109 cm³/mol. The van der Waals surface area contributed by atoms with Gasteiger partial charge in [0.15, 0.2) is 5.65 Å². The molecule has 0 saturated carbocycles. The lowest BCUT2D eigenvalue weighted by atomic mass is 10.2. The number of halogens is 2. The van der Waals surface area contributed by atoms with Gasteiger partial charge in [0.1, 0.15) is 23.9 Å². The Labute approximate surface area is 174 Å². The van der Waals surface area contributed by atoms with Crippen molar-refractivity contribution < 1.29 is 18.4 Å². The first-order chi connectivity index (χ1) is 14.4. The van der Waals surface area contributed by atoms with Crippen molar-refractivity contribution in [1.82, 2.24) is 9.56 Å².